The SMILES string of the molecule is C=C/C=C(\C=NC)c1ccnc(C(=O)[C@@H](C)/C=C/C)n1. The summed E-state index contributed by atoms with van der Waals surface area (Å²) in [6.45, 7) is 7.37. The molecule has 0 radical (unpaired) electrons. The fourth-order valence-electron chi connectivity index (χ4n) is 1.68. The van der Waals surface area contributed by atoms with Crippen molar-refractivity contribution in [1.29, 1.82) is 0 Å². The van der Waals surface area contributed by atoms with Gasteiger partial charge in [0, 0.05) is 31.0 Å². The van der Waals surface area contributed by atoms with Gasteiger partial charge in [0.25, 0.3) is 0 Å². The summed E-state index contributed by atoms with van der Waals surface area (Å²) in [7, 11) is 1.68. The number of ketones is 1. The van der Waals surface area contributed by atoms with E-state index in [0.717, 1.165) is 5.57 Å². The van der Waals surface area contributed by atoms with Crippen LogP contribution in [0.1, 0.15) is 30.2 Å². The Balaban J connectivity index is 3.16. The van der Waals surface area contributed by atoms with E-state index in [1.165, 1.54) is 0 Å². The average Bonchev–Trinajstić information content (AvgIpc) is 2.46. The van der Waals surface area contributed by atoms with Crippen LogP contribution in [0.4, 0.5) is 0 Å². The Hall–Kier alpha value is -2.36. The van der Waals surface area contributed by atoms with Gasteiger partial charge in [-0.2, -0.15) is 0 Å². The van der Waals surface area contributed by atoms with Crippen molar-refractivity contribution in [3.63, 3.8) is 0 Å². The number of hydrogen-bond donors (Lipinski definition) is 0. The van der Waals surface area contributed by atoms with Crippen LogP contribution in [0.3, 0.4) is 0 Å². The van der Waals surface area contributed by atoms with Crippen molar-refractivity contribution in [3.8, 4) is 0 Å². The molecule has 4 heteroatoms. The molecule has 0 aliphatic heterocycles. The summed E-state index contributed by atoms with van der Waals surface area (Å²) in [5.41, 5.74) is 1.44. The van der Waals surface area contributed by atoms with Crippen LogP contribution in [-0.4, -0.2) is 29.0 Å². The summed E-state index contributed by atoms with van der Waals surface area (Å²) in [4.78, 5) is 24.5. The normalized spacial score (nSPS) is 13.8. The molecule has 1 heterocycles. The van der Waals surface area contributed by atoms with Crippen molar-refractivity contribution >= 4 is 17.6 Å². The maximum atomic E-state index is 12.2. The van der Waals surface area contributed by atoms with E-state index in [9.17, 15) is 4.79 Å². The van der Waals surface area contributed by atoms with Gasteiger partial charge in [0.2, 0.25) is 5.78 Å². The van der Waals surface area contributed by atoms with E-state index in [1.807, 2.05) is 26.0 Å². The minimum atomic E-state index is -0.234. The number of Topliss-reactive ketones (excluding diaryl/α,β-unsaturated/α-hetero) is 1. The van der Waals surface area contributed by atoms with Crippen molar-refractivity contribution in [2.45, 2.75) is 13.8 Å². The summed E-state index contributed by atoms with van der Waals surface area (Å²) < 4.78 is 0. The van der Waals surface area contributed by atoms with Gasteiger partial charge < -0.3 is 0 Å². The number of aliphatic imine (C=N–C) groups is 1. The standard InChI is InChI=1S/C16H19N3O/c1-5-7-12(3)15(20)16-18-10-9-14(19-16)13(8-6-2)11-17-4/h5-12H,2H2,1,3-4H3/b7-5+,13-8+,17-11?/t12-/m0/s1. The van der Waals surface area contributed by atoms with E-state index in [1.54, 1.807) is 37.7 Å². The van der Waals surface area contributed by atoms with Crippen LogP contribution in [0.2, 0.25) is 0 Å². The molecule has 0 amide bonds. The maximum Gasteiger partial charge on any atom is 0.206 e. The van der Waals surface area contributed by atoms with Crippen molar-refractivity contribution in [2.75, 3.05) is 7.05 Å². The Morgan fingerprint density at radius 2 is 2.25 bits per heavy atom. The third-order valence-corrected chi connectivity index (χ3v) is 2.63. The van der Waals surface area contributed by atoms with Gasteiger partial charge in [0.15, 0.2) is 5.82 Å². The molecule has 104 valence electrons. The Labute approximate surface area is 119 Å². The van der Waals surface area contributed by atoms with Crippen molar-refractivity contribution in [1.82, 2.24) is 9.97 Å². The molecule has 20 heavy (non-hydrogen) atoms. The van der Waals surface area contributed by atoms with Gasteiger partial charge in [-0.25, -0.2) is 9.97 Å². The van der Waals surface area contributed by atoms with Crippen LogP contribution in [0.25, 0.3) is 5.57 Å². The highest BCUT2D eigenvalue weighted by Crippen LogP contribution is 2.12. The molecule has 1 aromatic heterocycles. The van der Waals surface area contributed by atoms with Gasteiger partial charge in [-0.15, -0.1) is 0 Å². The largest absolute Gasteiger partial charge is 0.296 e. The van der Waals surface area contributed by atoms with E-state index in [4.69, 9.17) is 0 Å². The van der Waals surface area contributed by atoms with E-state index >= 15 is 0 Å². The monoisotopic (exact) mass is 269 g/mol. The molecule has 0 spiro atoms. The quantitative estimate of drug-likeness (QED) is 0.345. The highest BCUT2D eigenvalue weighted by atomic mass is 16.1. The Bertz CT molecular complexity index is 571. The zero-order chi connectivity index (χ0) is 15.0. The van der Waals surface area contributed by atoms with E-state index in [0.29, 0.717) is 5.69 Å². The smallest absolute Gasteiger partial charge is 0.206 e. The fourth-order valence-corrected chi connectivity index (χ4v) is 1.68. The lowest BCUT2D eigenvalue weighted by Gasteiger charge is -2.06. The highest BCUT2D eigenvalue weighted by molar-refractivity contribution is 6.09. The Kier molecular flexibility index (Phi) is 6.23. The Morgan fingerprint density at radius 3 is 2.85 bits per heavy atom. The number of carbonyl (C=O) groups is 1. The van der Waals surface area contributed by atoms with Gasteiger partial charge in [0.05, 0.1) is 5.69 Å². The second kappa shape index (κ2) is 7.94. The van der Waals surface area contributed by atoms with Gasteiger partial charge in [-0.3, -0.25) is 9.79 Å². The first-order valence-corrected chi connectivity index (χ1v) is 6.39. The number of allylic oxidation sites excluding steroid dienone is 5. The minimum absolute atomic E-state index is 0.101. The average molecular weight is 269 g/mol. The lowest BCUT2D eigenvalue weighted by Crippen LogP contribution is -2.13. The third-order valence-electron chi connectivity index (χ3n) is 2.63. The van der Waals surface area contributed by atoms with Crippen LogP contribution < -0.4 is 0 Å². The van der Waals surface area contributed by atoms with E-state index in [-0.39, 0.29) is 17.5 Å². The number of hydrogen-bond acceptors (Lipinski definition) is 4. The van der Waals surface area contributed by atoms with E-state index < -0.39 is 0 Å². The molecule has 0 saturated carbocycles. The first-order valence-electron chi connectivity index (χ1n) is 6.39. The maximum absolute atomic E-state index is 12.2. The third kappa shape index (κ3) is 4.09. The molecule has 0 aliphatic carbocycles. The molecule has 0 bridgehead atoms. The molecule has 0 fully saturated rings. The summed E-state index contributed by atoms with van der Waals surface area (Å²) in [6, 6.07) is 1.74. The molecule has 0 N–H and O–H groups in total. The first kappa shape index (κ1) is 15.7. The molecule has 0 aliphatic rings. The van der Waals surface area contributed by atoms with E-state index in [2.05, 4.69) is 21.5 Å². The number of carbonyl (C=O) groups excluding carboxylic acids is 1. The Morgan fingerprint density at radius 1 is 1.50 bits per heavy atom. The molecule has 0 saturated heterocycles. The van der Waals surface area contributed by atoms with Gasteiger partial charge >= 0.3 is 0 Å². The highest BCUT2D eigenvalue weighted by Gasteiger charge is 2.16. The zero-order valence-corrected chi connectivity index (χ0v) is 12.1. The van der Waals surface area contributed by atoms with Crippen LogP contribution in [-0.2, 0) is 0 Å². The van der Waals surface area contributed by atoms with Gasteiger partial charge in [-0.1, -0.05) is 37.8 Å². The second-order valence-corrected chi connectivity index (χ2v) is 4.19. The summed E-state index contributed by atoms with van der Waals surface area (Å²) in [6.07, 6.45) is 10.4. The van der Waals surface area contributed by atoms with Crippen LogP contribution in [0, 0.1) is 5.92 Å². The molecule has 1 atom stereocenters. The molecule has 0 aromatic carbocycles. The van der Waals surface area contributed by atoms with Crippen molar-refractivity contribution < 1.29 is 4.79 Å². The lowest BCUT2D eigenvalue weighted by molar-refractivity contribution is 0.0942. The summed E-state index contributed by atoms with van der Waals surface area (Å²) in [5.74, 6) is -0.120. The van der Waals surface area contributed by atoms with Crippen molar-refractivity contribution in [3.05, 3.63) is 54.7 Å². The molecule has 1 aromatic rings. The lowest BCUT2D eigenvalue weighted by atomic mass is 10.1. The number of nitrogens with zero attached hydrogens (tertiary/aromatic N) is 3. The van der Waals surface area contributed by atoms with Gasteiger partial charge in [-0.05, 0) is 13.0 Å². The number of rotatable bonds is 6. The molecule has 4 nitrogen and oxygen atoms in total. The van der Waals surface area contributed by atoms with Crippen molar-refractivity contribution in [2.24, 2.45) is 10.9 Å². The zero-order valence-electron chi connectivity index (χ0n) is 12.1. The summed E-state index contributed by atoms with van der Waals surface area (Å²) in [5, 5.41) is 0. The topological polar surface area (TPSA) is 55.2 Å². The molecular formula is C16H19N3O. The number of aromatic nitrogens is 2. The minimum Gasteiger partial charge on any atom is -0.296 e. The molecular weight excluding hydrogens is 250 g/mol. The van der Waals surface area contributed by atoms with Crippen LogP contribution in [0.15, 0.2) is 48.1 Å². The van der Waals surface area contributed by atoms with Crippen LogP contribution in [0.5, 0.6) is 0 Å². The van der Waals surface area contributed by atoms with Gasteiger partial charge in [0.1, 0.15) is 0 Å². The second-order valence-electron chi connectivity index (χ2n) is 4.19. The molecule has 0 unspecified atom stereocenters. The predicted octanol–water partition coefficient (Wildman–Crippen LogP) is 3.14. The fraction of sp³-hybridized carbons (Fsp3) is 0.250. The molecule has 1 rings (SSSR count). The summed E-state index contributed by atoms with van der Waals surface area (Å²) >= 11 is 0. The first-order chi connectivity index (χ1) is 9.63. The van der Waals surface area contributed by atoms with Crippen LogP contribution >= 0.6 is 0 Å². The predicted molar refractivity (Wildman–Crippen MR) is 82.9 cm³/mol.